The Morgan fingerprint density at radius 2 is 2.25 bits per heavy atom. The second kappa shape index (κ2) is 2.75. The molecular formula is C9H13NOS. The fourth-order valence-corrected chi connectivity index (χ4v) is 2.09. The van der Waals surface area contributed by atoms with E-state index in [1.165, 1.54) is 4.88 Å². The number of ether oxygens (including phenoxy) is 1. The van der Waals surface area contributed by atoms with E-state index < -0.39 is 0 Å². The molecule has 0 aliphatic carbocycles. The summed E-state index contributed by atoms with van der Waals surface area (Å²) >= 11 is 1.71. The van der Waals surface area contributed by atoms with Crippen molar-refractivity contribution >= 4 is 11.3 Å². The Bertz CT molecular complexity index is 278. The van der Waals surface area contributed by atoms with Crippen molar-refractivity contribution in [2.75, 3.05) is 13.1 Å². The highest BCUT2D eigenvalue weighted by Crippen LogP contribution is 2.28. The predicted octanol–water partition coefficient (Wildman–Crippen LogP) is 1.80. The van der Waals surface area contributed by atoms with Crippen molar-refractivity contribution in [1.29, 1.82) is 0 Å². The monoisotopic (exact) mass is 183 g/mol. The van der Waals surface area contributed by atoms with Crippen LogP contribution in [0.3, 0.4) is 0 Å². The van der Waals surface area contributed by atoms with Gasteiger partial charge in [0.2, 0.25) is 0 Å². The van der Waals surface area contributed by atoms with Gasteiger partial charge in [0.1, 0.15) is 5.60 Å². The number of hydrogen-bond donors (Lipinski definition) is 1. The minimum Gasteiger partial charge on any atom is -0.475 e. The summed E-state index contributed by atoms with van der Waals surface area (Å²) < 4.78 is 5.81. The first kappa shape index (κ1) is 8.08. The summed E-state index contributed by atoms with van der Waals surface area (Å²) in [5.74, 6) is 0. The van der Waals surface area contributed by atoms with E-state index in [0.29, 0.717) is 0 Å². The second-order valence-electron chi connectivity index (χ2n) is 3.52. The molecule has 1 aliphatic heterocycles. The molecule has 3 heteroatoms. The van der Waals surface area contributed by atoms with Crippen LogP contribution in [-0.4, -0.2) is 18.7 Å². The molecule has 0 atom stereocenters. The van der Waals surface area contributed by atoms with E-state index in [4.69, 9.17) is 4.74 Å². The number of aryl methyl sites for hydroxylation is 1. The topological polar surface area (TPSA) is 21.3 Å². The Hall–Kier alpha value is -0.540. The van der Waals surface area contributed by atoms with Gasteiger partial charge in [-0.05, 0) is 26.0 Å². The predicted molar refractivity (Wildman–Crippen MR) is 51.0 cm³/mol. The van der Waals surface area contributed by atoms with Crippen LogP contribution in [-0.2, 0) is 0 Å². The lowest BCUT2D eigenvalue weighted by Crippen LogP contribution is -2.60. The molecule has 1 N–H and O–H groups in total. The van der Waals surface area contributed by atoms with Crippen LogP contribution in [0.5, 0.6) is 5.06 Å². The van der Waals surface area contributed by atoms with Gasteiger partial charge in [0.25, 0.3) is 0 Å². The summed E-state index contributed by atoms with van der Waals surface area (Å²) in [6.45, 7) is 6.16. The third kappa shape index (κ3) is 1.47. The van der Waals surface area contributed by atoms with Crippen LogP contribution in [0.25, 0.3) is 0 Å². The van der Waals surface area contributed by atoms with Crippen LogP contribution in [0.2, 0.25) is 0 Å². The van der Waals surface area contributed by atoms with Gasteiger partial charge in [-0.15, -0.1) is 11.3 Å². The van der Waals surface area contributed by atoms with Crippen LogP contribution in [0.1, 0.15) is 11.8 Å². The summed E-state index contributed by atoms with van der Waals surface area (Å²) in [7, 11) is 0. The quantitative estimate of drug-likeness (QED) is 0.755. The van der Waals surface area contributed by atoms with E-state index in [-0.39, 0.29) is 5.60 Å². The number of rotatable bonds is 2. The van der Waals surface area contributed by atoms with Crippen molar-refractivity contribution in [3.05, 3.63) is 17.0 Å². The molecule has 0 amide bonds. The summed E-state index contributed by atoms with van der Waals surface area (Å²) in [4.78, 5) is 1.31. The zero-order valence-corrected chi connectivity index (χ0v) is 8.20. The minimum absolute atomic E-state index is 0.0390. The zero-order valence-electron chi connectivity index (χ0n) is 7.39. The standard InChI is InChI=1S/C9H13NOS/c1-7-3-4-8(12-7)11-9(2)5-10-6-9/h3-4,10H,5-6H2,1-2H3. The van der Waals surface area contributed by atoms with E-state index in [1.54, 1.807) is 11.3 Å². The highest BCUT2D eigenvalue weighted by atomic mass is 32.1. The maximum Gasteiger partial charge on any atom is 0.174 e. The van der Waals surface area contributed by atoms with Crippen LogP contribution in [0, 0.1) is 6.92 Å². The van der Waals surface area contributed by atoms with Gasteiger partial charge in [0.05, 0.1) is 0 Å². The van der Waals surface area contributed by atoms with Gasteiger partial charge in [-0.2, -0.15) is 0 Å². The summed E-state index contributed by atoms with van der Waals surface area (Å²) in [5.41, 5.74) is 0.0390. The molecule has 2 rings (SSSR count). The fraction of sp³-hybridized carbons (Fsp3) is 0.556. The van der Waals surface area contributed by atoms with E-state index in [0.717, 1.165) is 18.2 Å². The maximum absolute atomic E-state index is 5.81. The summed E-state index contributed by atoms with van der Waals surface area (Å²) in [6, 6.07) is 4.14. The lowest BCUT2D eigenvalue weighted by atomic mass is 10.0. The number of nitrogens with one attached hydrogen (secondary N) is 1. The molecule has 0 unspecified atom stereocenters. The van der Waals surface area contributed by atoms with Gasteiger partial charge >= 0.3 is 0 Å². The Labute approximate surface area is 76.6 Å². The minimum atomic E-state index is 0.0390. The second-order valence-corrected chi connectivity index (χ2v) is 4.77. The largest absolute Gasteiger partial charge is 0.475 e. The maximum atomic E-state index is 5.81. The third-order valence-corrected chi connectivity index (χ3v) is 2.94. The van der Waals surface area contributed by atoms with Crippen molar-refractivity contribution in [2.24, 2.45) is 0 Å². The van der Waals surface area contributed by atoms with Crippen molar-refractivity contribution in [3.8, 4) is 5.06 Å². The first-order valence-electron chi connectivity index (χ1n) is 4.14. The molecule has 0 bridgehead atoms. The van der Waals surface area contributed by atoms with Crippen LogP contribution in [0.4, 0.5) is 0 Å². The molecule has 12 heavy (non-hydrogen) atoms. The molecule has 2 nitrogen and oxygen atoms in total. The van der Waals surface area contributed by atoms with Crippen LogP contribution < -0.4 is 10.1 Å². The SMILES string of the molecule is Cc1ccc(OC2(C)CNC2)s1. The van der Waals surface area contributed by atoms with Crippen molar-refractivity contribution in [1.82, 2.24) is 5.32 Å². The van der Waals surface area contributed by atoms with Crippen molar-refractivity contribution in [2.45, 2.75) is 19.4 Å². The molecule has 1 aromatic heterocycles. The Balaban J connectivity index is 2.03. The summed E-state index contributed by atoms with van der Waals surface area (Å²) in [5, 5.41) is 4.25. The Kier molecular flexibility index (Phi) is 1.85. The van der Waals surface area contributed by atoms with Crippen molar-refractivity contribution in [3.63, 3.8) is 0 Å². The van der Waals surface area contributed by atoms with Gasteiger partial charge in [-0.25, -0.2) is 0 Å². The van der Waals surface area contributed by atoms with Crippen molar-refractivity contribution < 1.29 is 4.74 Å². The van der Waals surface area contributed by atoms with Crippen LogP contribution in [0.15, 0.2) is 12.1 Å². The molecule has 0 spiro atoms. The van der Waals surface area contributed by atoms with Gasteiger partial charge in [-0.1, -0.05) is 0 Å². The molecular weight excluding hydrogens is 170 g/mol. The highest BCUT2D eigenvalue weighted by molar-refractivity contribution is 7.13. The smallest absolute Gasteiger partial charge is 0.174 e. The lowest BCUT2D eigenvalue weighted by molar-refractivity contribution is 0.0386. The molecule has 1 fully saturated rings. The van der Waals surface area contributed by atoms with Gasteiger partial charge in [0, 0.05) is 18.0 Å². The van der Waals surface area contributed by atoms with Gasteiger partial charge in [0.15, 0.2) is 5.06 Å². The molecule has 2 heterocycles. The molecule has 0 radical (unpaired) electrons. The van der Waals surface area contributed by atoms with E-state index in [1.807, 2.05) is 6.07 Å². The average molecular weight is 183 g/mol. The third-order valence-electron chi connectivity index (χ3n) is 2.06. The fourth-order valence-electron chi connectivity index (χ4n) is 1.26. The Morgan fingerprint density at radius 1 is 1.50 bits per heavy atom. The zero-order chi connectivity index (χ0) is 8.60. The normalized spacial score (nSPS) is 20.2. The number of hydrogen-bond acceptors (Lipinski definition) is 3. The first-order valence-corrected chi connectivity index (χ1v) is 4.96. The molecule has 0 aromatic carbocycles. The highest BCUT2D eigenvalue weighted by Gasteiger charge is 2.34. The molecule has 1 aromatic rings. The van der Waals surface area contributed by atoms with Crippen LogP contribution >= 0.6 is 11.3 Å². The average Bonchev–Trinajstić information content (AvgIpc) is 2.32. The molecule has 1 aliphatic rings. The molecule has 0 saturated carbocycles. The van der Waals surface area contributed by atoms with E-state index in [9.17, 15) is 0 Å². The number of thiophene rings is 1. The Morgan fingerprint density at radius 3 is 2.67 bits per heavy atom. The van der Waals surface area contributed by atoms with E-state index >= 15 is 0 Å². The summed E-state index contributed by atoms with van der Waals surface area (Å²) in [6.07, 6.45) is 0. The first-order chi connectivity index (χ1) is 5.68. The lowest BCUT2D eigenvalue weighted by Gasteiger charge is -2.38. The van der Waals surface area contributed by atoms with E-state index in [2.05, 4.69) is 25.2 Å². The van der Waals surface area contributed by atoms with Gasteiger partial charge in [-0.3, -0.25) is 0 Å². The molecule has 66 valence electrons. The van der Waals surface area contributed by atoms with Gasteiger partial charge < -0.3 is 10.1 Å². The molecule has 1 saturated heterocycles.